The van der Waals surface area contributed by atoms with E-state index in [9.17, 15) is 21.6 Å². The second kappa shape index (κ2) is 3.29. The molecule has 0 saturated carbocycles. The molecule has 0 aliphatic carbocycles. The second-order valence-electron chi connectivity index (χ2n) is 2.69. The molecule has 82 valence electrons. The summed E-state index contributed by atoms with van der Waals surface area (Å²) < 4.78 is 62.9. The zero-order valence-electron chi connectivity index (χ0n) is 7.49. The van der Waals surface area contributed by atoms with Crippen molar-refractivity contribution in [2.75, 3.05) is 20.6 Å². The molecule has 0 saturated heterocycles. The Morgan fingerprint density at radius 2 is 1.62 bits per heavy atom. The van der Waals surface area contributed by atoms with Crippen molar-refractivity contribution < 1.29 is 21.6 Å². The first-order valence-electron chi connectivity index (χ1n) is 3.51. The number of nitrogens with one attached hydrogen (secondary N) is 1. The summed E-state index contributed by atoms with van der Waals surface area (Å²) in [4.78, 5) is 0. The zero-order chi connectivity index (χ0) is 10.9. The van der Waals surface area contributed by atoms with Crippen LogP contribution in [0.4, 0.5) is 21.6 Å². The molecule has 0 aromatic heterocycles. The third kappa shape index (κ3) is 1.92. The fourth-order valence-electron chi connectivity index (χ4n) is 0.727. The number of hydrogen-bond acceptors (Lipinski definition) is 2. The van der Waals surface area contributed by atoms with Gasteiger partial charge in [-0.3, -0.25) is 0 Å². The summed E-state index contributed by atoms with van der Waals surface area (Å²) >= 11 is 0. The van der Waals surface area contributed by atoms with E-state index in [2.05, 4.69) is 0 Å². The van der Waals surface area contributed by atoms with Crippen LogP contribution in [0.3, 0.4) is 0 Å². The predicted molar refractivity (Wildman–Crippen MR) is 42.6 cm³/mol. The van der Waals surface area contributed by atoms with Gasteiger partial charge in [0, 0.05) is 0 Å². The zero-order valence-corrected chi connectivity index (χ0v) is 8.39. The fourth-order valence-corrected chi connectivity index (χ4v) is 2.18. The summed E-state index contributed by atoms with van der Waals surface area (Å²) in [5, 5.41) is 1.27. The van der Waals surface area contributed by atoms with Crippen LogP contribution in [0.1, 0.15) is 6.92 Å². The molecule has 8 heteroatoms. The van der Waals surface area contributed by atoms with E-state index in [1.807, 2.05) is 0 Å². The van der Waals surface area contributed by atoms with Crippen molar-refractivity contribution >= 4 is 7.53 Å². The van der Waals surface area contributed by atoms with Gasteiger partial charge < -0.3 is 0 Å². The van der Waals surface area contributed by atoms with Crippen LogP contribution in [0.15, 0.2) is 0 Å². The Kier molecular flexibility index (Phi) is 3.29. The maximum absolute atomic E-state index is 13.3. The molecule has 0 fully saturated rings. The van der Waals surface area contributed by atoms with Gasteiger partial charge in [-0.2, -0.15) is 0 Å². The van der Waals surface area contributed by atoms with E-state index in [-0.39, 0.29) is 4.67 Å². The van der Waals surface area contributed by atoms with Crippen molar-refractivity contribution in [1.29, 1.82) is 0 Å². The average molecular weight is 226 g/mol. The van der Waals surface area contributed by atoms with Crippen LogP contribution in [-0.4, -0.2) is 31.2 Å². The molecule has 2 nitrogen and oxygen atoms in total. The van der Waals surface area contributed by atoms with Crippen LogP contribution >= 0.6 is 7.53 Å². The molecular formula is C5H12F5N2P. The number of alkyl halides is 3. The molecular weight excluding hydrogens is 214 g/mol. The SMILES string of the molecule is CCNP(F)(F)(N(C)C)C(F)(F)F. The molecule has 0 amide bonds. The van der Waals surface area contributed by atoms with Gasteiger partial charge in [-0.15, -0.1) is 0 Å². The van der Waals surface area contributed by atoms with Gasteiger partial charge in [0.15, 0.2) is 0 Å². The Morgan fingerprint density at radius 3 is 1.69 bits per heavy atom. The van der Waals surface area contributed by atoms with Crippen LogP contribution in [0, 0.1) is 0 Å². The Labute approximate surface area is 73.4 Å². The summed E-state index contributed by atoms with van der Waals surface area (Å²) in [6, 6.07) is 0. The summed E-state index contributed by atoms with van der Waals surface area (Å²) in [5.74, 6) is -5.52. The standard InChI is InChI=1S/C5H12F5N2P/c1-4-11-13(9,10,12(2)3)5(6,7)8/h11H,4H2,1-3H3. The minimum absolute atomic E-state index is 0.0604. The van der Waals surface area contributed by atoms with Crippen LogP contribution in [-0.2, 0) is 0 Å². The monoisotopic (exact) mass is 226 g/mol. The fraction of sp³-hybridized carbons (Fsp3) is 1.00. The number of halogens is 5. The van der Waals surface area contributed by atoms with E-state index >= 15 is 0 Å². The Hall–Kier alpha value is -0.0000000000000000278. The molecule has 0 aliphatic heterocycles. The number of rotatable bonds is 3. The van der Waals surface area contributed by atoms with Gasteiger partial charge in [-0.25, -0.2) is 0 Å². The molecule has 0 unspecified atom stereocenters. The van der Waals surface area contributed by atoms with Crippen molar-refractivity contribution in [2.24, 2.45) is 0 Å². The summed E-state index contributed by atoms with van der Waals surface area (Å²) in [7, 11) is -5.49. The van der Waals surface area contributed by atoms with Gasteiger partial charge >= 0.3 is 72.3 Å². The van der Waals surface area contributed by atoms with Crippen molar-refractivity contribution in [3.8, 4) is 0 Å². The molecule has 13 heavy (non-hydrogen) atoms. The van der Waals surface area contributed by atoms with E-state index < -0.39 is 20.0 Å². The molecule has 0 aromatic carbocycles. The van der Waals surface area contributed by atoms with E-state index in [4.69, 9.17) is 0 Å². The molecule has 0 rings (SSSR count). The molecule has 0 spiro atoms. The van der Waals surface area contributed by atoms with Gasteiger partial charge in [-0.05, 0) is 0 Å². The van der Waals surface area contributed by atoms with Crippen molar-refractivity contribution in [3.63, 3.8) is 0 Å². The molecule has 0 bridgehead atoms. The first-order valence-corrected chi connectivity index (χ1v) is 5.48. The quantitative estimate of drug-likeness (QED) is 0.588. The van der Waals surface area contributed by atoms with Gasteiger partial charge in [-0.1, -0.05) is 0 Å². The third-order valence-corrected chi connectivity index (χ3v) is 4.68. The molecule has 0 atom stereocenters. The second-order valence-corrected chi connectivity index (χ2v) is 6.04. The minimum atomic E-state index is -6.92. The Balaban J connectivity index is 5.16. The maximum atomic E-state index is 13.3. The van der Waals surface area contributed by atoms with E-state index in [1.54, 1.807) is 0 Å². The molecule has 1 N–H and O–H groups in total. The van der Waals surface area contributed by atoms with Gasteiger partial charge in [0.1, 0.15) is 0 Å². The van der Waals surface area contributed by atoms with Gasteiger partial charge in [0.05, 0.1) is 0 Å². The summed E-state index contributed by atoms with van der Waals surface area (Å²) in [6.07, 6.45) is 0. The van der Waals surface area contributed by atoms with Gasteiger partial charge in [0.25, 0.3) is 0 Å². The normalized spacial score (nSPS) is 17.2. The first kappa shape index (κ1) is 13.0. The third-order valence-electron chi connectivity index (χ3n) is 1.56. The van der Waals surface area contributed by atoms with Crippen molar-refractivity contribution in [2.45, 2.75) is 12.8 Å². The van der Waals surface area contributed by atoms with Crippen molar-refractivity contribution in [3.05, 3.63) is 0 Å². The van der Waals surface area contributed by atoms with E-state index in [1.165, 1.54) is 12.0 Å². The van der Waals surface area contributed by atoms with E-state index in [0.717, 1.165) is 0 Å². The Bertz CT molecular complexity index is 190. The van der Waals surface area contributed by atoms with Crippen LogP contribution in [0.5, 0.6) is 0 Å². The first-order chi connectivity index (χ1) is 5.55. The molecule has 0 heterocycles. The molecule has 0 aliphatic rings. The average Bonchev–Trinajstić information content (AvgIpc) is 1.84. The molecule has 0 radical (unpaired) electrons. The van der Waals surface area contributed by atoms with Crippen molar-refractivity contribution in [1.82, 2.24) is 9.76 Å². The number of nitrogens with zero attached hydrogens (tertiary/aromatic N) is 1. The topological polar surface area (TPSA) is 15.3 Å². The van der Waals surface area contributed by atoms with Crippen LogP contribution in [0.25, 0.3) is 0 Å². The molecule has 0 aromatic rings. The number of hydrogen-bond donors (Lipinski definition) is 1. The van der Waals surface area contributed by atoms with Crippen LogP contribution in [0.2, 0.25) is 0 Å². The van der Waals surface area contributed by atoms with Gasteiger partial charge in [0.2, 0.25) is 0 Å². The summed E-state index contributed by atoms with van der Waals surface area (Å²) in [6.45, 7) is 0.776. The summed E-state index contributed by atoms with van der Waals surface area (Å²) in [5.41, 5.74) is 0. The van der Waals surface area contributed by atoms with E-state index in [0.29, 0.717) is 14.1 Å². The Morgan fingerprint density at radius 1 is 1.23 bits per heavy atom. The predicted octanol–water partition coefficient (Wildman–Crippen LogP) is 2.83. The van der Waals surface area contributed by atoms with Crippen LogP contribution < -0.4 is 5.09 Å².